The molecule has 1 N–H and O–H groups in total. The summed E-state index contributed by atoms with van der Waals surface area (Å²) in [4.78, 5) is 11.6. The van der Waals surface area contributed by atoms with E-state index in [0.717, 1.165) is 5.56 Å². The molecule has 0 aliphatic carbocycles. The van der Waals surface area contributed by atoms with Gasteiger partial charge in [-0.3, -0.25) is 5.41 Å². The van der Waals surface area contributed by atoms with Gasteiger partial charge in [0.25, 0.3) is 0 Å². The molecule has 1 saturated heterocycles. The molecule has 0 radical (unpaired) electrons. The van der Waals surface area contributed by atoms with Gasteiger partial charge in [-0.1, -0.05) is 37.3 Å². The molecule has 3 nitrogen and oxygen atoms in total. The van der Waals surface area contributed by atoms with E-state index in [9.17, 15) is 10.1 Å². The maximum atomic E-state index is 11.6. The lowest BCUT2D eigenvalue weighted by atomic mass is 9.69. The summed E-state index contributed by atoms with van der Waals surface area (Å²) in [7, 11) is 0. The number of nitriles is 1. The minimum absolute atomic E-state index is 0.0610. The van der Waals surface area contributed by atoms with E-state index in [4.69, 9.17) is 5.41 Å². The summed E-state index contributed by atoms with van der Waals surface area (Å²) in [5.41, 5.74) is 0.126. The highest BCUT2D eigenvalue weighted by Crippen LogP contribution is 2.52. The Hall–Kier alpha value is -1.60. The summed E-state index contributed by atoms with van der Waals surface area (Å²) >= 11 is 1.45. The van der Waals surface area contributed by atoms with E-state index in [1.165, 1.54) is 11.8 Å². The summed E-state index contributed by atoms with van der Waals surface area (Å²) in [5, 5.41) is 18.6. The van der Waals surface area contributed by atoms with Crippen LogP contribution in [0.2, 0.25) is 0 Å². The molecule has 2 rings (SSSR count). The third kappa shape index (κ3) is 2.64. The van der Waals surface area contributed by atoms with Crippen molar-refractivity contribution in [1.82, 2.24) is 0 Å². The molecule has 3 unspecified atom stereocenters. The predicted molar refractivity (Wildman–Crippen MR) is 81.9 cm³/mol. The van der Waals surface area contributed by atoms with Gasteiger partial charge in [0.1, 0.15) is 11.2 Å². The van der Waals surface area contributed by atoms with E-state index in [1.807, 2.05) is 37.3 Å². The van der Waals surface area contributed by atoms with E-state index in [0.29, 0.717) is 17.9 Å². The summed E-state index contributed by atoms with van der Waals surface area (Å²) in [6.07, 6.45) is 0.951. The summed E-state index contributed by atoms with van der Waals surface area (Å²) in [6.45, 7) is 3.59. The van der Waals surface area contributed by atoms with E-state index >= 15 is 0 Å². The van der Waals surface area contributed by atoms with Crippen molar-refractivity contribution in [3.05, 3.63) is 35.9 Å². The van der Waals surface area contributed by atoms with Crippen LogP contribution in [0.4, 0.5) is 0 Å². The van der Waals surface area contributed by atoms with Gasteiger partial charge in [-0.05, 0) is 18.9 Å². The number of nitrogens with one attached hydrogen (secondary N) is 1. The van der Waals surface area contributed by atoms with Crippen LogP contribution in [0.25, 0.3) is 0 Å². The van der Waals surface area contributed by atoms with Gasteiger partial charge in [0.15, 0.2) is 0 Å². The molecule has 20 heavy (non-hydrogen) atoms. The van der Waals surface area contributed by atoms with Crippen molar-refractivity contribution >= 4 is 22.6 Å². The van der Waals surface area contributed by atoms with Crippen LogP contribution >= 0.6 is 11.8 Å². The average molecular weight is 286 g/mol. The molecule has 1 aliphatic rings. The minimum Gasteiger partial charge on any atom is -0.300 e. The summed E-state index contributed by atoms with van der Waals surface area (Å²) < 4.78 is 0. The molecule has 4 heteroatoms. The highest BCUT2D eigenvalue weighted by molar-refractivity contribution is 8.14. The third-order valence-electron chi connectivity index (χ3n) is 3.82. The maximum absolute atomic E-state index is 11.6. The molecule has 0 spiro atoms. The van der Waals surface area contributed by atoms with E-state index in [2.05, 4.69) is 6.07 Å². The Morgan fingerprint density at radius 2 is 2.20 bits per heavy atom. The first-order valence-corrected chi connectivity index (χ1v) is 7.59. The molecule has 0 bridgehead atoms. The van der Waals surface area contributed by atoms with E-state index in [1.54, 1.807) is 6.92 Å². The van der Waals surface area contributed by atoms with Gasteiger partial charge in [0.05, 0.1) is 11.1 Å². The molecule has 1 aromatic carbocycles. The van der Waals surface area contributed by atoms with Crippen LogP contribution in [0, 0.1) is 22.2 Å². The van der Waals surface area contributed by atoms with Crippen molar-refractivity contribution in [2.24, 2.45) is 5.41 Å². The summed E-state index contributed by atoms with van der Waals surface area (Å²) in [6, 6.07) is 12.0. The largest absolute Gasteiger partial charge is 0.300 e. The van der Waals surface area contributed by atoms with Crippen LogP contribution in [0.3, 0.4) is 0 Å². The van der Waals surface area contributed by atoms with Gasteiger partial charge >= 0.3 is 0 Å². The molecule has 0 amide bonds. The van der Waals surface area contributed by atoms with Crippen molar-refractivity contribution in [2.45, 2.75) is 37.9 Å². The molecule has 3 atom stereocenters. The van der Waals surface area contributed by atoms with Crippen LogP contribution < -0.4 is 0 Å². The average Bonchev–Trinajstić information content (AvgIpc) is 2.72. The van der Waals surface area contributed by atoms with Crippen LogP contribution in [0.1, 0.15) is 38.2 Å². The summed E-state index contributed by atoms with van der Waals surface area (Å²) in [5.74, 6) is -0.165. The van der Waals surface area contributed by atoms with Crippen molar-refractivity contribution < 1.29 is 4.79 Å². The van der Waals surface area contributed by atoms with Crippen molar-refractivity contribution in [2.75, 3.05) is 0 Å². The smallest absolute Gasteiger partial charge is 0.130 e. The Labute approximate surface area is 123 Å². The Balaban J connectivity index is 2.48. The standard InChI is InChI=1S/C16H18N2OS/c1-11(19)8-14(13-6-4-3-5-7-13)16(10-17)9-12(2)20-15(16)18/h3-7,12,14,18H,8-9H2,1-2H3. The van der Waals surface area contributed by atoms with Gasteiger partial charge in [-0.15, -0.1) is 11.8 Å². The Kier molecular flexibility index (Phi) is 4.29. The lowest BCUT2D eigenvalue weighted by Gasteiger charge is -2.30. The van der Waals surface area contributed by atoms with E-state index < -0.39 is 5.41 Å². The highest BCUT2D eigenvalue weighted by Gasteiger charge is 2.50. The molecule has 1 aromatic rings. The Bertz CT molecular complexity index is 564. The number of benzene rings is 1. The fraction of sp³-hybridized carbons (Fsp3) is 0.438. The second kappa shape index (κ2) is 5.80. The van der Waals surface area contributed by atoms with Gasteiger partial charge < -0.3 is 4.79 Å². The fourth-order valence-corrected chi connectivity index (χ4v) is 4.15. The molecule has 1 heterocycles. The SMILES string of the molecule is CC(=O)CC(c1ccccc1)C1(C#N)CC(C)SC1=N. The second-order valence-corrected chi connectivity index (χ2v) is 6.86. The third-order valence-corrected chi connectivity index (χ3v) is 4.99. The zero-order valence-electron chi connectivity index (χ0n) is 11.7. The van der Waals surface area contributed by atoms with Crippen LogP contribution in [0.5, 0.6) is 0 Å². The predicted octanol–water partition coefficient (Wildman–Crippen LogP) is 3.76. The lowest BCUT2D eigenvalue weighted by Crippen LogP contribution is -2.32. The molecule has 1 fully saturated rings. The monoisotopic (exact) mass is 286 g/mol. The molecular formula is C16H18N2OS. The number of hydrogen-bond acceptors (Lipinski definition) is 4. The van der Waals surface area contributed by atoms with E-state index in [-0.39, 0.29) is 17.0 Å². The molecule has 1 aliphatic heterocycles. The van der Waals surface area contributed by atoms with Gasteiger partial charge in [0.2, 0.25) is 0 Å². The number of ketones is 1. The van der Waals surface area contributed by atoms with Crippen LogP contribution in [0.15, 0.2) is 30.3 Å². The number of rotatable bonds is 4. The zero-order valence-corrected chi connectivity index (χ0v) is 12.5. The Morgan fingerprint density at radius 3 is 2.65 bits per heavy atom. The first kappa shape index (κ1) is 14.8. The quantitative estimate of drug-likeness (QED) is 0.916. The molecule has 0 aromatic heterocycles. The number of Topliss-reactive ketones (excluding diaryl/α,β-unsaturated/α-hetero) is 1. The van der Waals surface area contributed by atoms with Gasteiger partial charge in [-0.2, -0.15) is 5.26 Å². The molecule has 0 saturated carbocycles. The number of thioether (sulfide) groups is 1. The number of carbonyl (C=O) groups is 1. The lowest BCUT2D eigenvalue weighted by molar-refractivity contribution is -0.117. The number of nitrogens with zero attached hydrogens (tertiary/aromatic N) is 1. The first-order chi connectivity index (χ1) is 9.49. The second-order valence-electron chi connectivity index (χ2n) is 5.41. The van der Waals surface area contributed by atoms with Crippen molar-refractivity contribution in [3.63, 3.8) is 0 Å². The fourth-order valence-electron chi connectivity index (χ4n) is 2.92. The zero-order chi connectivity index (χ0) is 14.8. The normalized spacial score (nSPS) is 27.1. The molecular weight excluding hydrogens is 268 g/mol. The van der Waals surface area contributed by atoms with Crippen molar-refractivity contribution in [3.8, 4) is 6.07 Å². The Morgan fingerprint density at radius 1 is 1.55 bits per heavy atom. The first-order valence-electron chi connectivity index (χ1n) is 6.71. The van der Waals surface area contributed by atoms with Crippen LogP contribution in [-0.2, 0) is 4.79 Å². The van der Waals surface area contributed by atoms with Crippen LogP contribution in [-0.4, -0.2) is 16.1 Å². The number of hydrogen-bond donors (Lipinski definition) is 1. The molecule has 104 valence electrons. The topological polar surface area (TPSA) is 64.7 Å². The van der Waals surface area contributed by atoms with Crippen molar-refractivity contribution in [1.29, 1.82) is 10.7 Å². The minimum atomic E-state index is -0.850. The highest BCUT2D eigenvalue weighted by atomic mass is 32.2. The van der Waals surface area contributed by atoms with Gasteiger partial charge in [0, 0.05) is 17.6 Å². The maximum Gasteiger partial charge on any atom is 0.130 e. The van der Waals surface area contributed by atoms with Gasteiger partial charge in [-0.25, -0.2) is 0 Å². The number of carbonyl (C=O) groups excluding carboxylic acids is 1.